The molecule has 4 rings (SSSR count). The van der Waals surface area contributed by atoms with Crippen LogP contribution in [0.2, 0.25) is 5.31 Å². The predicted molar refractivity (Wildman–Crippen MR) is 93.0 cm³/mol. The third-order valence-electron chi connectivity index (χ3n) is 6.56. The molecule has 0 aromatic carbocycles. The standard InChI is InChI=1S/C19H33BO2/c1-6-7-8-9-10-11-12-18-13-19(14-18,15-18)20-21-16(2,3)17(4,5)22-20/h11-12H,6-10,13-15H2,1-5H3/b12-11+. The molecule has 0 amide bonds. The molecule has 4 aliphatic rings. The molecular weight excluding hydrogens is 271 g/mol. The van der Waals surface area contributed by atoms with Crippen LogP contribution in [0, 0.1) is 5.41 Å². The normalized spacial score (nSPS) is 38.1. The first-order chi connectivity index (χ1) is 10.2. The largest absolute Gasteiger partial charge is 0.464 e. The van der Waals surface area contributed by atoms with Gasteiger partial charge in [-0.15, -0.1) is 0 Å². The molecule has 22 heavy (non-hydrogen) atoms. The highest BCUT2D eigenvalue weighted by molar-refractivity contribution is 6.51. The minimum atomic E-state index is -0.185. The summed E-state index contributed by atoms with van der Waals surface area (Å²) in [5.74, 6) is 0. The molecule has 1 aliphatic heterocycles. The Kier molecular flexibility index (Phi) is 4.05. The van der Waals surface area contributed by atoms with Crippen LogP contribution in [0.4, 0.5) is 0 Å². The SMILES string of the molecule is CCCCCC/C=C/C12CC(B3OC(C)(C)C(C)(C)O3)(C1)C2. The Balaban J connectivity index is 1.45. The lowest BCUT2D eigenvalue weighted by Crippen LogP contribution is -2.63. The molecule has 2 bridgehead atoms. The van der Waals surface area contributed by atoms with Gasteiger partial charge in [-0.3, -0.25) is 0 Å². The molecule has 0 N–H and O–H groups in total. The summed E-state index contributed by atoms with van der Waals surface area (Å²) in [6.07, 6.45) is 15.4. The molecule has 3 heteroatoms. The molecule has 4 fully saturated rings. The Morgan fingerprint density at radius 2 is 1.50 bits per heavy atom. The molecular formula is C19H33BO2. The van der Waals surface area contributed by atoms with E-state index in [1.807, 2.05) is 0 Å². The van der Waals surface area contributed by atoms with Crippen molar-refractivity contribution in [2.45, 2.75) is 103 Å². The van der Waals surface area contributed by atoms with E-state index in [9.17, 15) is 0 Å². The first-order valence-corrected chi connectivity index (χ1v) is 9.28. The first kappa shape index (κ1) is 16.6. The van der Waals surface area contributed by atoms with Gasteiger partial charge in [0, 0.05) is 5.31 Å². The predicted octanol–water partition coefficient (Wildman–Crippen LogP) is 5.53. The molecule has 0 spiro atoms. The molecule has 2 nitrogen and oxygen atoms in total. The summed E-state index contributed by atoms with van der Waals surface area (Å²) < 4.78 is 12.6. The maximum absolute atomic E-state index is 6.28. The molecule has 0 radical (unpaired) electrons. The van der Waals surface area contributed by atoms with Crippen LogP contribution in [0.3, 0.4) is 0 Å². The van der Waals surface area contributed by atoms with Crippen molar-refractivity contribution in [3.05, 3.63) is 12.2 Å². The van der Waals surface area contributed by atoms with Crippen LogP contribution in [0.25, 0.3) is 0 Å². The van der Waals surface area contributed by atoms with Crippen molar-refractivity contribution in [3.8, 4) is 0 Å². The molecule has 0 aromatic rings. The van der Waals surface area contributed by atoms with Crippen molar-refractivity contribution in [2.24, 2.45) is 5.41 Å². The lowest BCUT2D eigenvalue weighted by Gasteiger charge is -2.70. The summed E-state index contributed by atoms with van der Waals surface area (Å²) in [5.41, 5.74) is 0.124. The van der Waals surface area contributed by atoms with Crippen LogP contribution in [0.1, 0.15) is 86.0 Å². The Bertz CT molecular complexity index is 417. The van der Waals surface area contributed by atoms with Crippen LogP contribution in [-0.2, 0) is 9.31 Å². The smallest absolute Gasteiger partial charge is 0.403 e. The average molecular weight is 304 g/mol. The quantitative estimate of drug-likeness (QED) is 0.350. The highest BCUT2D eigenvalue weighted by Crippen LogP contribution is 2.81. The summed E-state index contributed by atoms with van der Waals surface area (Å²) in [6, 6.07) is 0. The fraction of sp³-hybridized carbons (Fsp3) is 0.895. The molecule has 3 saturated carbocycles. The monoisotopic (exact) mass is 304 g/mol. The van der Waals surface area contributed by atoms with Crippen LogP contribution < -0.4 is 0 Å². The summed E-state index contributed by atoms with van der Waals surface area (Å²) in [5, 5.41) is 0.317. The van der Waals surface area contributed by atoms with E-state index >= 15 is 0 Å². The molecule has 0 atom stereocenters. The number of hydrogen-bond donors (Lipinski definition) is 0. The summed E-state index contributed by atoms with van der Waals surface area (Å²) in [4.78, 5) is 0. The van der Waals surface area contributed by atoms with E-state index in [2.05, 4.69) is 46.8 Å². The molecule has 1 saturated heterocycles. The van der Waals surface area contributed by atoms with Gasteiger partial charge in [0.2, 0.25) is 0 Å². The van der Waals surface area contributed by atoms with Gasteiger partial charge in [-0.2, -0.15) is 0 Å². The third kappa shape index (κ3) is 2.58. The topological polar surface area (TPSA) is 18.5 Å². The van der Waals surface area contributed by atoms with E-state index < -0.39 is 0 Å². The highest BCUT2D eigenvalue weighted by Gasteiger charge is 2.75. The van der Waals surface area contributed by atoms with Crippen molar-refractivity contribution in [3.63, 3.8) is 0 Å². The number of allylic oxidation sites excluding steroid dienone is 2. The van der Waals surface area contributed by atoms with E-state index in [1.54, 1.807) is 0 Å². The number of hydrogen-bond acceptors (Lipinski definition) is 2. The molecule has 3 aliphatic carbocycles. The van der Waals surface area contributed by atoms with Gasteiger partial charge < -0.3 is 9.31 Å². The second kappa shape index (κ2) is 5.38. The lowest BCUT2D eigenvalue weighted by atomic mass is 9.24. The van der Waals surface area contributed by atoms with Gasteiger partial charge in [0.15, 0.2) is 0 Å². The van der Waals surface area contributed by atoms with Gasteiger partial charge in [0.25, 0.3) is 0 Å². The van der Waals surface area contributed by atoms with Crippen LogP contribution in [-0.4, -0.2) is 18.3 Å². The second-order valence-electron chi connectivity index (χ2n) is 9.10. The van der Waals surface area contributed by atoms with Crippen molar-refractivity contribution in [1.82, 2.24) is 0 Å². The summed E-state index contributed by atoms with van der Waals surface area (Å²) in [7, 11) is 0.0114. The van der Waals surface area contributed by atoms with Crippen molar-refractivity contribution in [1.29, 1.82) is 0 Å². The maximum atomic E-state index is 6.28. The minimum Gasteiger partial charge on any atom is -0.403 e. The van der Waals surface area contributed by atoms with Crippen molar-refractivity contribution in [2.75, 3.05) is 0 Å². The zero-order chi connectivity index (χ0) is 16.1. The zero-order valence-electron chi connectivity index (χ0n) is 15.2. The summed E-state index contributed by atoms with van der Waals surface area (Å²) in [6.45, 7) is 10.9. The Hall–Kier alpha value is -0.275. The maximum Gasteiger partial charge on any atom is 0.464 e. The highest BCUT2D eigenvalue weighted by atomic mass is 16.7. The lowest BCUT2D eigenvalue weighted by molar-refractivity contribution is -0.0680. The van der Waals surface area contributed by atoms with Gasteiger partial charge in [0.05, 0.1) is 11.2 Å². The Morgan fingerprint density at radius 3 is 2.05 bits per heavy atom. The van der Waals surface area contributed by atoms with Crippen LogP contribution in [0.5, 0.6) is 0 Å². The van der Waals surface area contributed by atoms with Gasteiger partial charge >= 0.3 is 7.12 Å². The Labute approximate surface area is 137 Å². The fourth-order valence-corrected chi connectivity index (χ4v) is 4.49. The number of rotatable bonds is 7. The summed E-state index contributed by atoms with van der Waals surface area (Å²) >= 11 is 0. The second-order valence-corrected chi connectivity index (χ2v) is 9.10. The van der Waals surface area contributed by atoms with Crippen molar-refractivity contribution < 1.29 is 9.31 Å². The average Bonchev–Trinajstić information content (AvgIpc) is 2.53. The van der Waals surface area contributed by atoms with E-state index in [0.717, 1.165) is 0 Å². The number of unbranched alkanes of at least 4 members (excludes halogenated alkanes) is 4. The molecule has 0 aromatic heterocycles. The van der Waals surface area contributed by atoms with E-state index in [1.165, 1.54) is 51.4 Å². The van der Waals surface area contributed by atoms with E-state index in [0.29, 0.717) is 10.7 Å². The van der Waals surface area contributed by atoms with Gasteiger partial charge in [-0.25, -0.2) is 0 Å². The van der Waals surface area contributed by atoms with E-state index in [-0.39, 0.29) is 18.3 Å². The first-order valence-electron chi connectivity index (χ1n) is 9.28. The Morgan fingerprint density at radius 1 is 0.909 bits per heavy atom. The van der Waals surface area contributed by atoms with Gasteiger partial charge in [-0.05, 0) is 65.2 Å². The molecule has 0 unspecified atom stereocenters. The zero-order valence-corrected chi connectivity index (χ0v) is 15.2. The molecule has 124 valence electrons. The van der Waals surface area contributed by atoms with Gasteiger partial charge in [-0.1, -0.05) is 38.3 Å². The van der Waals surface area contributed by atoms with E-state index in [4.69, 9.17) is 9.31 Å². The van der Waals surface area contributed by atoms with Gasteiger partial charge in [0.1, 0.15) is 0 Å². The molecule has 1 heterocycles. The minimum absolute atomic E-state index is 0.0114. The van der Waals surface area contributed by atoms with Crippen molar-refractivity contribution >= 4 is 7.12 Å². The van der Waals surface area contributed by atoms with Crippen LogP contribution in [0.15, 0.2) is 12.2 Å². The fourth-order valence-electron chi connectivity index (χ4n) is 4.49. The third-order valence-corrected chi connectivity index (χ3v) is 6.56. The van der Waals surface area contributed by atoms with Crippen LogP contribution >= 0.6 is 0 Å².